The van der Waals surface area contributed by atoms with E-state index < -0.39 is 6.09 Å². The van der Waals surface area contributed by atoms with E-state index >= 15 is 0 Å². The molecule has 1 amide bonds. The van der Waals surface area contributed by atoms with Crippen molar-refractivity contribution in [3.8, 4) is 5.75 Å². The third kappa shape index (κ3) is 5.99. The minimum Gasteiger partial charge on any atom is -0.495 e. The normalized spacial score (nSPS) is 15.5. The van der Waals surface area contributed by atoms with Crippen molar-refractivity contribution in [2.75, 3.05) is 38.6 Å². The summed E-state index contributed by atoms with van der Waals surface area (Å²) in [4.78, 5) is 23.1. The van der Waals surface area contributed by atoms with Crippen LogP contribution in [0.5, 0.6) is 5.75 Å². The van der Waals surface area contributed by atoms with Crippen LogP contribution in [-0.2, 0) is 6.54 Å². The van der Waals surface area contributed by atoms with Gasteiger partial charge in [-0.2, -0.15) is 0 Å². The molecule has 38 heavy (non-hydrogen) atoms. The Morgan fingerprint density at radius 3 is 2.61 bits per heavy atom. The van der Waals surface area contributed by atoms with E-state index in [4.69, 9.17) is 19.8 Å². The molecule has 5 rings (SSSR count). The van der Waals surface area contributed by atoms with Crippen molar-refractivity contribution in [1.29, 1.82) is 0 Å². The monoisotopic (exact) mass is 516 g/mol. The van der Waals surface area contributed by atoms with Crippen molar-refractivity contribution in [2.24, 2.45) is 5.92 Å². The summed E-state index contributed by atoms with van der Waals surface area (Å²) in [6, 6.07) is 18.7. The van der Waals surface area contributed by atoms with Crippen LogP contribution in [-0.4, -0.2) is 70.0 Å². The van der Waals surface area contributed by atoms with Gasteiger partial charge in [-0.05, 0) is 56.0 Å². The minimum atomic E-state index is -0.954. The lowest BCUT2D eigenvalue weighted by molar-refractivity contribution is 0.188. The smallest absolute Gasteiger partial charge is 0.404 e. The van der Waals surface area contributed by atoms with Crippen molar-refractivity contribution in [1.82, 2.24) is 24.8 Å². The number of para-hydroxylation sites is 3. The maximum Gasteiger partial charge on any atom is 0.404 e. The highest BCUT2D eigenvalue weighted by Gasteiger charge is 2.22. The summed E-state index contributed by atoms with van der Waals surface area (Å²) in [5.74, 6) is 1.95. The van der Waals surface area contributed by atoms with Gasteiger partial charge in [0, 0.05) is 31.1 Å². The first-order valence-electron chi connectivity index (χ1n) is 13.3. The fraction of sp³-hybridized carbons (Fsp3) is 0.414. The first-order valence-corrected chi connectivity index (χ1v) is 13.3. The third-order valence-electron chi connectivity index (χ3n) is 7.41. The van der Waals surface area contributed by atoms with Crippen LogP contribution in [0.2, 0.25) is 0 Å². The van der Waals surface area contributed by atoms with Crippen molar-refractivity contribution in [2.45, 2.75) is 38.8 Å². The zero-order chi connectivity index (χ0) is 26.5. The lowest BCUT2D eigenvalue weighted by Crippen LogP contribution is -2.40. The summed E-state index contributed by atoms with van der Waals surface area (Å²) in [5.41, 5.74) is 3.84. The maximum atomic E-state index is 10.7. The van der Waals surface area contributed by atoms with Gasteiger partial charge >= 0.3 is 6.09 Å². The van der Waals surface area contributed by atoms with Gasteiger partial charge in [-0.15, -0.1) is 0 Å². The molecule has 9 nitrogen and oxygen atoms in total. The van der Waals surface area contributed by atoms with Crippen molar-refractivity contribution >= 4 is 34.0 Å². The van der Waals surface area contributed by atoms with Crippen LogP contribution in [0.4, 0.5) is 10.7 Å². The molecule has 200 valence electrons. The van der Waals surface area contributed by atoms with Gasteiger partial charge in [0.05, 0.1) is 30.2 Å². The number of fused-ring (bicyclic) bond motifs is 2. The molecule has 9 heteroatoms. The minimum absolute atomic E-state index is 0.322. The fourth-order valence-electron chi connectivity index (χ4n) is 5.17. The van der Waals surface area contributed by atoms with Crippen LogP contribution in [0, 0.1) is 5.92 Å². The number of hydrogen-bond donors (Lipinski definition) is 3. The number of rotatable bonds is 10. The van der Waals surface area contributed by atoms with Crippen molar-refractivity contribution < 1.29 is 14.6 Å². The molecule has 2 aromatic heterocycles. The van der Waals surface area contributed by atoms with E-state index in [1.165, 1.54) is 0 Å². The van der Waals surface area contributed by atoms with Gasteiger partial charge in [0.15, 0.2) is 0 Å². The molecule has 0 aliphatic carbocycles. The Morgan fingerprint density at radius 2 is 1.84 bits per heavy atom. The van der Waals surface area contributed by atoms with Crippen LogP contribution < -0.4 is 15.4 Å². The number of nitrogens with one attached hydrogen (secondary N) is 2. The molecule has 0 spiro atoms. The molecule has 2 aromatic carbocycles. The molecule has 0 bridgehead atoms. The number of carbonyl (C=O) groups is 1. The molecule has 0 radical (unpaired) electrons. The number of anilines is 1. The lowest BCUT2D eigenvalue weighted by Gasteiger charge is -2.33. The molecule has 3 N–H and O–H groups in total. The highest BCUT2D eigenvalue weighted by atomic mass is 16.5. The second kappa shape index (κ2) is 11.7. The highest BCUT2D eigenvalue weighted by Crippen LogP contribution is 2.28. The van der Waals surface area contributed by atoms with E-state index in [9.17, 15) is 4.79 Å². The Labute approximate surface area is 222 Å². The van der Waals surface area contributed by atoms with Crippen LogP contribution in [0.15, 0.2) is 54.6 Å². The second-order valence-corrected chi connectivity index (χ2v) is 10.2. The zero-order valence-electron chi connectivity index (χ0n) is 22.1. The number of benzene rings is 2. The third-order valence-corrected chi connectivity index (χ3v) is 7.41. The van der Waals surface area contributed by atoms with E-state index in [2.05, 4.69) is 39.2 Å². The van der Waals surface area contributed by atoms with E-state index in [0.29, 0.717) is 25.0 Å². The van der Waals surface area contributed by atoms with Crippen molar-refractivity contribution in [3.63, 3.8) is 0 Å². The van der Waals surface area contributed by atoms with Crippen LogP contribution in [0.1, 0.15) is 31.9 Å². The predicted octanol–water partition coefficient (Wildman–Crippen LogP) is 4.81. The molecule has 1 atom stereocenters. The molecule has 1 unspecified atom stereocenters. The molecule has 0 saturated carbocycles. The van der Waals surface area contributed by atoms with Gasteiger partial charge in [0.1, 0.15) is 11.4 Å². The Balaban J connectivity index is 1.28. The SMILES string of the molecule is COc1cc2ccccc2nc1Cn1c(NC2CCN(CCC(C)CNC(=O)O)CC2)nc2ccccc21. The number of piperidine rings is 1. The molecule has 3 heterocycles. The summed E-state index contributed by atoms with van der Waals surface area (Å²) in [5, 5.41) is 16.1. The van der Waals surface area contributed by atoms with E-state index in [1.54, 1.807) is 7.11 Å². The van der Waals surface area contributed by atoms with Gasteiger partial charge in [-0.25, -0.2) is 14.8 Å². The van der Waals surface area contributed by atoms with Gasteiger partial charge in [-0.1, -0.05) is 37.3 Å². The molecule has 1 aliphatic rings. The quantitative estimate of drug-likeness (QED) is 0.278. The Morgan fingerprint density at radius 1 is 1.11 bits per heavy atom. The Bertz CT molecular complexity index is 1400. The number of hydrogen-bond acceptors (Lipinski definition) is 6. The summed E-state index contributed by atoms with van der Waals surface area (Å²) >= 11 is 0. The number of aromatic nitrogens is 3. The van der Waals surface area contributed by atoms with Crippen LogP contribution in [0.3, 0.4) is 0 Å². The first-order chi connectivity index (χ1) is 18.5. The number of imidazole rings is 1. The number of methoxy groups -OCH3 is 1. The standard InChI is InChI=1S/C29H36N6O3/c1-20(18-30-29(36)37)11-14-34-15-12-22(13-16-34)31-28-33-24-9-5-6-10-26(24)35(28)19-25-27(38-2)17-21-7-3-4-8-23(21)32-25/h3-10,17,20,22,30H,11-16,18-19H2,1-2H3,(H,31,33)(H,36,37). The number of nitrogens with zero attached hydrogens (tertiary/aromatic N) is 4. The average molecular weight is 517 g/mol. The number of amides is 1. The topological polar surface area (TPSA) is 105 Å². The molecule has 4 aromatic rings. The summed E-state index contributed by atoms with van der Waals surface area (Å²) in [7, 11) is 1.69. The molecule has 1 saturated heterocycles. The molecular formula is C29H36N6O3. The zero-order valence-corrected chi connectivity index (χ0v) is 22.1. The van der Waals surface area contributed by atoms with Gasteiger partial charge in [0.2, 0.25) is 5.95 Å². The van der Waals surface area contributed by atoms with Gasteiger partial charge < -0.3 is 29.9 Å². The lowest BCUT2D eigenvalue weighted by atomic mass is 10.0. The predicted molar refractivity (Wildman–Crippen MR) is 150 cm³/mol. The molecular weight excluding hydrogens is 480 g/mol. The Hall–Kier alpha value is -3.85. The highest BCUT2D eigenvalue weighted by molar-refractivity contribution is 5.81. The summed E-state index contributed by atoms with van der Waals surface area (Å²) in [6.07, 6.45) is 2.09. The van der Waals surface area contributed by atoms with E-state index in [-0.39, 0.29) is 0 Å². The number of likely N-dealkylation sites (tertiary alicyclic amines) is 1. The second-order valence-electron chi connectivity index (χ2n) is 10.2. The largest absolute Gasteiger partial charge is 0.495 e. The average Bonchev–Trinajstić information content (AvgIpc) is 3.27. The molecule has 1 aliphatic heterocycles. The van der Waals surface area contributed by atoms with Gasteiger partial charge in [-0.3, -0.25) is 0 Å². The van der Waals surface area contributed by atoms with Gasteiger partial charge in [0.25, 0.3) is 0 Å². The summed E-state index contributed by atoms with van der Waals surface area (Å²) < 4.78 is 7.93. The maximum absolute atomic E-state index is 10.7. The van der Waals surface area contributed by atoms with Crippen LogP contribution >= 0.6 is 0 Å². The number of pyridine rings is 1. The van der Waals surface area contributed by atoms with E-state index in [1.807, 2.05) is 42.5 Å². The van der Waals surface area contributed by atoms with Crippen molar-refractivity contribution in [3.05, 3.63) is 60.3 Å². The van der Waals surface area contributed by atoms with E-state index in [0.717, 1.165) is 78.2 Å². The molecule has 1 fully saturated rings. The summed E-state index contributed by atoms with van der Waals surface area (Å²) in [6.45, 7) is 6.15. The van der Waals surface area contributed by atoms with Crippen LogP contribution in [0.25, 0.3) is 21.9 Å². The number of carboxylic acid groups (broad SMARTS) is 1. The first kappa shape index (κ1) is 25.8. The number of ether oxygens (including phenoxy) is 1. The fourth-order valence-corrected chi connectivity index (χ4v) is 5.17. The Kier molecular flexibility index (Phi) is 7.93.